The van der Waals surface area contributed by atoms with Crippen molar-refractivity contribution in [1.82, 2.24) is 19.7 Å². The van der Waals surface area contributed by atoms with E-state index < -0.39 is 0 Å². The Kier molecular flexibility index (Phi) is 5.54. The van der Waals surface area contributed by atoms with Crippen molar-refractivity contribution in [3.8, 4) is 0 Å². The monoisotopic (exact) mass is 411 g/mol. The predicted octanol–water partition coefficient (Wildman–Crippen LogP) is 4.35. The standard InChI is InChI=1S/C19H17N5O2S2/c1-14(25)24(16-6-3-2-4-7-16)18-21-15(11-27-18)12-28-19-22-20-13-23(19)10-17-8-5-9-26-17/h2-9,11,13H,10,12H2,1H3. The highest BCUT2D eigenvalue weighted by molar-refractivity contribution is 7.98. The third kappa shape index (κ3) is 4.15. The Bertz CT molecular complexity index is 1040. The quantitative estimate of drug-likeness (QED) is 0.421. The minimum absolute atomic E-state index is 0.0713. The average molecular weight is 412 g/mol. The Morgan fingerprint density at radius 2 is 2.11 bits per heavy atom. The maximum atomic E-state index is 12.2. The van der Waals surface area contributed by atoms with Crippen molar-refractivity contribution in [2.75, 3.05) is 4.90 Å². The number of benzene rings is 1. The van der Waals surface area contributed by atoms with Crippen LogP contribution in [0.3, 0.4) is 0 Å². The number of para-hydroxylation sites is 1. The van der Waals surface area contributed by atoms with Crippen molar-refractivity contribution in [3.63, 3.8) is 0 Å². The highest BCUT2D eigenvalue weighted by Crippen LogP contribution is 2.30. The van der Waals surface area contributed by atoms with E-state index in [1.54, 1.807) is 36.2 Å². The summed E-state index contributed by atoms with van der Waals surface area (Å²) in [6.07, 6.45) is 3.33. The van der Waals surface area contributed by atoms with Crippen molar-refractivity contribution in [2.24, 2.45) is 0 Å². The molecule has 0 saturated carbocycles. The summed E-state index contributed by atoms with van der Waals surface area (Å²) in [4.78, 5) is 18.4. The number of aromatic nitrogens is 4. The second-order valence-corrected chi connectivity index (χ2v) is 7.70. The van der Waals surface area contributed by atoms with Gasteiger partial charge in [-0.25, -0.2) is 4.98 Å². The maximum Gasteiger partial charge on any atom is 0.230 e. The van der Waals surface area contributed by atoms with Gasteiger partial charge in [-0.1, -0.05) is 30.0 Å². The third-order valence-electron chi connectivity index (χ3n) is 3.90. The van der Waals surface area contributed by atoms with Crippen LogP contribution in [0, 0.1) is 0 Å². The van der Waals surface area contributed by atoms with E-state index >= 15 is 0 Å². The van der Waals surface area contributed by atoms with E-state index in [4.69, 9.17) is 4.42 Å². The molecule has 9 heteroatoms. The Morgan fingerprint density at radius 1 is 1.25 bits per heavy atom. The van der Waals surface area contributed by atoms with Gasteiger partial charge in [-0.05, 0) is 24.3 Å². The number of hydrogen-bond donors (Lipinski definition) is 0. The molecular formula is C19H17N5O2S2. The molecule has 0 spiro atoms. The predicted molar refractivity (Wildman–Crippen MR) is 109 cm³/mol. The summed E-state index contributed by atoms with van der Waals surface area (Å²) in [5.74, 6) is 1.41. The first-order chi connectivity index (χ1) is 13.7. The van der Waals surface area contributed by atoms with Crippen LogP contribution in [-0.2, 0) is 17.1 Å². The van der Waals surface area contributed by atoms with E-state index in [1.165, 1.54) is 11.3 Å². The van der Waals surface area contributed by atoms with E-state index in [0.717, 1.165) is 22.3 Å². The van der Waals surface area contributed by atoms with E-state index in [0.29, 0.717) is 17.4 Å². The zero-order valence-corrected chi connectivity index (χ0v) is 16.7. The second-order valence-electron chi connectivity index (χ2n) is 5.92. The molecule has 0 aliphatic heterocycles. The van der Waals surface area contributed by atoms with Crippen LogP contribution < -0.4 is 4.90 Å². The molecule has 0 fully saturated rings. The Balaban J connectivity index is 1.46. The third-order valence-corrected chi connectivity index (χ3v) is 5.78. The summed E-state index contributed by atoms with van der Waals surface area (Å²) in [5, 5.41) is 11.6. The molecular weight excluding hydrogens is 394 g/mol. The largest absolute Gasteiger partial charge is 0.467 e. The molecule has 0 bridgehead atoms. The van der Waals surface area contributed by atoms with Crippen LogP contribution in [0.4, 0.5) is 10.8 Å². The Hall–Kier alpha value is -2.91. The molecule has 3 heterocycles. The number of rotatable bonds is 7. The zero-order chi connectivity index (χ0) is 19.3. The van der Waals surface area contributed by atoms with Crippen molar-refractivity contribution in [1.29, 1.82) is 0 Å². The number of amides is 1. The smallest absolute Gasteiger partial charge is 0.230 e. The fraction of sp³-hybridized carbons (Fsp3) is 0.158. The lowest BCUT2D eigenvalue weighted by Crippen LogP contribution is -2.22. The van der Waals surface area contributed by atoms with Gasteiger partial charge >= 0.3 is 0 Å². The maximum absolute atomic E-state index is 12.2. The molecule has 28 heavy (non-hydrogen) atoms. The molecule has 0 atom stereocenters. The highest BCUT2D eigenvalue weighted by atomic mass is 32.2. The number of anilines is 2. The van der Waals surface area contributed by atoms with Gasteiger partial charge in [-0.2, -0.15) is 0 Å². The molecule has 4 rings (SSSR count). The van der Waals surface area contributed by atoms with Crippen LogP contribution >= 0.6 is 23.1 Å². The topological polar surface area (TPSA) is 77.1 Å². The van der Waals surface area contributed by atoms with Gasteiger partial charge in [-0.15, -0.1) is 21.5 Å². The minimum Gasteiger partial charge on any atom is -0.467 e. The lowest BCUT2D eigenvalue weighted by molar-refractivity contribution is -0.115. The minimum atomic E-state index is -0.0713. The van der Waals surface area contributed by atoms with Gasteiger partial charge in [0.15, 0.2) is 10.3 Å². The van der Waals surface area contributed by atoms with Crippen LogP contribution in [0.1, 0.15) is 18.4 Å². The van der Waals surface area contributed by atoms with Crippen molar-refractivity contribution in [2.45, 2.75) is 24.4 Å². The van der Waals surface area contributed by atoms with Crippen LogP contribution in [0.15, 0.2) is 70.0 Å². The van der Waals surface area contributed by atoms with Crippen molar-refractivity contribution in [3.05, 3.63) is 71.9 Å². The van der Waals surface area contributed by atoms with Crippen LogP contribution in [0.2, 0.25) is 0 Å². The molecule has 0 radical (unpaired) electrons. The van der Waals surface area contributed by atoms with E-state index in [-0.39, 0.29) is 5.91 Å². The first-order valence-electron chi connectivity index (χ1n) is 8.54. The van der Waals surface area contributed by atoms with Crippen LogP contribution in [-0.4, -0.2) is 25.7 Å². The number of carbonyl (C=O) groups excluding carboxylic acids is 1. The number of carbonyl (C=O) groups is 1. The van der Waals surface area contributed by atoms with Gasteiger partial charge in [0.25, 0.3) is 0 Å². The molecule has 0 aliphatic carbocycles. The van der Waals surface area contributed by atoms with Gasteiger partial charge < -0.3 is 8.98 Å². The highest BCUT2D eigenvalue weighted by Gasteiger charge is 2.18. The summed E-state index contributed by atoms with van der Waals surface area (Å²) < 4.78 is 7.32. The van der Waals surface area contributed by atoms with Gasteiger partial charge in [0.1, 0.15) is 12.1 Å². The summed E-state index contributed by atoms with van der Waals surface area (Å²) in [5.41, 5.74) is 1.70. The molecule has 0 N–H and O–H groups in total. The van der Waals surface area contributed by atoms with Crippen molar-refractivity contribution >= 4 is 39.8 Å². The van der Waals surface area contributed by atoms with Crippen LogP contribution in [0.25, 0.3) is 0 Å². The number of thiazole rings is 1. The van der Waals surface area contributed by atoms with Crippen molar-refractivity contribution < 1.29 is 9.21 Å². The number of nitrogens with zero attached hydrogens (tertiary/aromatic N) is 5. The SMILES string of the molecule is CC(=O)N(c1ccccc1)c1nc(CSc2nncn2Cc2ccco2)cs1. The molecule has 0 saturated heterocycles. The molecule has 3 aromatic heterocycles. The molecule has 1 amide bonds. The Labute approximate surface area is 170 Å². The molecule has 4 aromatic rings. The fourth-order valence-corrected chi connectivity index (χ4v) is 4.44. The molecule has 7 nitrogen and oxygen atoms in total. The van der Waals surface area contributed by atoms with Crippen LogP contribution in [0.5, 0.6) is 0 Å². The number of furan rings is 1. The van der Waals surface area contributed by atoms with Gasteiger partial charge in [0, 0.05) is 18.1 Å². The summed E-state index contributed by atoms with van der Waals surface area (Å²) in [6.45, 7) is 2.12. The Morgan fingerprint density at radius 3 is 2.86 bits per heavy atom. The lowest BCUT2D eigenvalue weighted by atomic mass is 10.3. The van der Waals surface area contributed by atoms with E-state index in [2.05, 4.69) is 15.2 Å². The average Bonchev–Trinajstić information content (AvgIpc) is 3.44. The summed E-state index contributed by atoms with van der Waals surface area (Å²) in [7, 11) is 0. The van der Waals surface area contributed by atoms with Gasteiger partial charge in [0.2, 0.25) is 5.91 Å². The number of hydrogen-bond acceptors (Lipinski definition) is 7. The normalized spacial score (nSPS) is 10.9. The molecule has 142 valence electrons. The first-order valence-corrected chi connectivity index (χ1v) is 10.4. The number of thioether (sulfide) groups is 1. The summed E-state index contributed by atoms with van der Waals surface area (Å²) >= 11 is 3.00. The molecule has 1 aromatic carbocycles. The van der Waals surface area contributed by atoms with E-state index in [9.17, 15) is 4.79 Å². The fourth-order valence-electron chi connectivity index (χ4n) is 2.64. The zero-order valence-electron chi connectivity index (χ0n) is 15.1. The molecule has 0 unspecified atom stereocenters. The molecule has 0 aliphatic rings. The summed E-state index contributed by atoms with van der Waals surface area (Å²) in [6, 6.07) is 13.3. The first kappa shape index (κ1) is 18.5. The second kappa shape index (κ2) is 8.41. The van der Waals surface area contributed by atoms with Gasteiger partial charge in [-0.3, -0.25) is 9.69 Å². The van der Waals surface area contributed by atoms with Gasteiger partial charge in [0.05, 0.1) is 24.2 Å². The van der Waals surface area contributed by atoms with E-state index in [1.807, 2.05) is 52.4 Å². The lowest BCUT2D eigenvalue weighted by Gasteiger charge is -2.17.